The van der Waals surface area contributed by atoms with Crippen LogP contribution >= 0.6 is 0 Å². The number of nitrogens with two attached hydrogens (primary N) is 1. The molecule has 2 rings (SSSR count). The Morgan fingerprint density at radius 1 is 1.44 bits per heavy atom. The van der Waals surface area contributed by atoms with Gasteiger partial charge in [0.15, 0.2) is 0 Å². The zero-order chi connectivity index (χ0) is 11.5. The van der Waals surface area contributed by atoms with E-state index in [-0.39, 0.29) is 0 Å². The molecular formula is C14H22N2. The van der Waals surface area contributed by atoms with E-state index in [1.165, 1.54) is 30.6 Å². The number of rotatable bonds is 3. The van der Waals surface area contributed by atoms with Gasteiger partial charge in [-0.25, -0.2) is 0 Å². The lowest BCUT2D eigenvalue weighted by atomic mass is 10.0. The maximum atomic E-state index is 5.96. The van der Waals surface area contributed by atoms with Crippen LogP contribution in [-0.2, 0) is 0 Å². The van der Waals surface area contributed by atoms with E-state index in [1.54, 1.807) is 0 Å². The third kappa shape index (κ3) is 2.28. The Morgan fingerprint density at radius 2 is 2.19 bits per heavy atom. The molecule has 0 amide bonds. The Balaban J connectivity index is 2.19. The van der Waals surface area contributed by atoms with Crippen molar-refractivity contribution in [3.8, 4) is 0 Å². The molecule has 2 unspecified atom stereocenters. The quantitative estimate of drug-likeness (QED) is 0.843. The van der Waals surface area contributed by atoms with Crippen molar-refractivity contribution in [3.63, 3.8) is 0 Å². The summed E-state index contributed by atoms with van der Waals surface area (Å²) in [4.78, 5) is 2.53. The predicted octanol–water partition coefficient (Wildman–Crippen LogP) is 2.34. The first-order valence-corrected chi connectivity index (χ1v) is 6.22. The Hall–Kier alpha value is -0.860. The van der Waals surface area contributed by atoms with Crippen molar-refractivity contribution < 1.29 is 0 Å². The highest BCUT2D eigenvalue weighted by atomic mass is 15.2. The van der Waals surface area contributed by atoms with Gasteiger partial charge in [0, 0.05) is 19.1 Å². The summed E-state index contributed by atoms with van der Waals surface area (Å²) >= 11 is 0. The minimum Gasteiger partial charge on any atom is -0.329 e. The zero-order valence-corrected chi connectivity index (χ0v) is 10.3. The third-order valence-corrected chi connectivity index (χ3v) is 3.67. The molecule has 1 heterocycles. The first kappa shape index (κ1) is 11.6. The largest absolute Gasteiger partial charge is 0.329 e. The molecule has 0 radical (unpaired) electrons. The van der Waals surface area contributed by atoms with Gasteiger partial charge in [-0.2, -0.15) is 0 Å². The van der Waals surface area contributed by atoms with Gasteiger partial charge in [-0.3, -0.25) is 4.90 Å². The van der Waals surface area contributed by atoms with E-state index in [1.807, 2.05) is 0 Å². The first-order valence-electron chi connectivity index (χ1n) is 6.22. The van der Waals surface area contributed by atoms with Crippen LogP contribution in [0.5, 0.6) is 0 Å². The first-order chi connectivity index (χ1) is 7.72. The minimum absolute atomic E-state index is 0.408. The van der Waals surface area contributed by atoms with Crippen molar-refractivity contribution in [2.45, 2.75) is 26.3 Å². The van der Waals surface area contributed by atoms with Crippen LogP contribution in [0.25, 0.3) is 0 Å². The molecule has 0 saturated carbocycles. The number of aryl methyl sites for hydroxylation is 1. The minimum atomic E-state index is 0.408. The van der Waals surface area contributed by atoms with Crippen LogP contribution in [0.4, 0.5) is 0 Å². The van der Waals surface area contributed by atoms with Gasteiger partial charge in [-0.1, -0.05) is 31.2 Å². The normalized spacial score (nSPS) is 23.6. The lowest BCUT2D eigenvalue weighted by Crippen LogP contribution is -2.32. The summed E-state index contributed by atoms with van der Waals surface area (Å²) in [6.07, 6.45) is 1.31. The lowest BCUT2D eigenvalue weighted by Gasteiger charge is -2.28. The molecule has 1 saturated heterocycles. The molecule has 2 heteroatoms. The second kappa shape index (κ2) is 4.98. The zero-order valence-electron chi connectivity index (χ0n) is 10.3. The van der Waals surface area contributed by atoms with Gasteiger partial charge in [-0.15, -0.1) is 0 Å². The maximum Gasteiger partial charge on any atom is 0.0473 e. The molecule has 1 aromatic carbocycles. The van der Waals surface area contributed by atoms with E-state index in [2.05, 4.69) is 43.0 Å². The van der Waals surface area contributed by atoms with Gasteiger partial charge in [-0.05, 0) is 36.9 Å². The molecule has 1 fully saturated rings. The Morgan fingerprint density at radius 3 is 2.75 bits per heavy atom. The molecule has 0 aliphatic carbocycles. The summed E-state index contributed by atoms with van der Waals surface area (Å²) < 4.78 is 0. The maximum absolute atomic E-state index is 5.96. The number of benzene rings is 1. The highest BCUT2D eigenvalue weighted by Gasteiger charge is 2.26. The van der Waals surface area contributed by atoms with Gasteiger partial charge in [0.05, 0.1) is 0 Å². The van der Waals surface area contributed by atoms with Crippen LogP contribution in [0.1, 0.15) is 30.5 Å². The van der Waals surface area contributed by atoms with E-state index in [9.17, 15) is 0 Å². The molecule has 1 aromatic rings. The molecule has 88 valence electrons. The monoisotopic (exact) mass is 218 g/mol. The second-order valence-corrected chi connectivity index (χ2v) is 5.00. The molecule has 1 aliphatic rings. The fraction of sp³-hybridized carbons (Fsp3) is 0.571. The van der Waals surface area contributed by atoms with Gasteiger partial charge < -0.3 is 5.73 Å². The summed E-state index contributed by atoms with van der Waals surface area (Å²) in [6, 6.07) is 9.02. The number of hydrogen-bond donors (Lipinski definition) is 1. The van der Waals surface area contributed by atoms with Gasteiger partial charge >= 0.3 is 0 Å². The second-order valence-electron chi connectivity index (χ2n) is 5.00. The third-order valence-electron chi connectivity index (χ3n) is 3.67. The average molecular weight is 218 g/mol. The number of likely N-dealkylation sites (tertiary alicyclic amines) is 1. The molecule has 2 N–H and O–H groups in total. The topological polar surface area (TPSA) is 29.3 Å². The summed E-state index contributed by atoms with van der Waals surface area (Å²) in [7, 11) is 0. The Bertz CT molecular complexity index is 348. The molecule has 16 heavy (non-hydrogen) atoms. The van der Waals surface area contributed by atoms with Crippen LogP contribution in [0.15, 0.2) is 24.3 Å². The van der Waals surface area contributed by atoms with Crippen molar-refractivity contribution in [2.75, 3.05) is 19.6 Å². The van der Waals surface area contributed by atoms with E-state index in [4.69, 9.17) is 5.73 Å². The van der Waals surface area contributed by atoms with Gasteiger partial charge in [0.25, 0.3) is 0 Å². The van der Waals surface area contributed by atoms with Crippen LogP contribution in [-0.4, -0.2) is 24.5 Å². The molecular weight excluding hydrogens is 196 g/mol. The van der Waals surface area contributed by atoms with E-state index in [0.717, 1.165) is 12.5 Å². The Labute approximate surface area is 98.4 Å². The fourth-order valence-corrected chi connectivity index (χ4v) is 2.69. The molecule has 1 aliphatic heterocycles. The predicted molar refractivity (Wildman–Crippen MR) is 68.3 cm³/mol. The summed E-state index contributed by atoms with van der Waals surface area (Å²) in [5, 5.41) is 0. The highest BCUT2D eigenvalue weighted by molar-refractivity contribution is 5.29. The standard InChI is InChI=1S/C14H22N2/c1-11-7-8-16(10-11)14(9-15)13-6-4-3-5-12(13)2/h3-6,11,14H,7-10,15H2,1-2H3. The number of hydrogen-bond acceptors (Lipinski definition) is 2. The average Bonchev–Trinajstić information content (AvgIpc) is 2.69. The lowest BCUT2D eigenvalue weighted by molar-refractivity contribution is 0.243. The van der Waals surface area contributed by atoms with E-state index >= 15 is 0 Å². The SMILES string of the molecule is Cc1ccccc1C(CN)N1CCC(C)C1. The molecule has 0 spiro atoms. The van der Waals surface area contributed by atoms with Gasteiger partial charge in [0.1, 0.15) is 0 Å². The molecule has 0 aromatic heterocycles. The summed E-state index contributed by atoms with van der Waals surface area (Å²) in [6.45, 7) is 7.61. The fourth-order valence-electron chi connectivity index (χ4n) is 2.69. The van der Waals surface area contributed by atoms with Crippen molar-refractivity contribution in [1.82, 2.24) is 4.90 Å². The number of nitrogens with zero attached hydrogens (tertiary/aromatic N) is 1. The summed E-state index contributed by atoms with van der Waals surface area (Å²) in [5.41, 5.74) is 8.72. The van der Waals surface area contributed by atoms with Crippen LogP contribution in [0, 0.1) is 12.8 Å². The Kier molecular flexibility index (Phi) is 3.62. The highest BCUT2D eigenvalue weighted by Crippen LogP contribution is 2.28. The van der Waals surface area contributed by atoms with Crippen LogP contribution in [0.3, 0.4) is 0 Å². The summed E-state index contributed by atoms with van der Waals surface area (Å²) in [5.74, 6) is 0.818. The molecule has 0 bridgehead atoms. The van der Waals surface area contributed by atoms with Crippen molar-refractivity contribution in [3.05, 3.63) is 35.4 Å². The molecule has 2 nitrogen and oxygen atoms in total. The van der Waals surface area contributed by atoms with E-state index in [0.29, 0.717) is 6.04 Å². The van der Waals surface area contributed by atoms with Crippen molar-refractivity contribution >= 4 is 0 Å². The van der Waals surface area contributed by atoms with Gasteiger partial charge in [0.2, 0.25) is 0 Å². The van der Waals surface area contributed by atoms with Crippen LogP contribution in [0.2, 0.25) is 0 Å². The van der Waals surface area contributed by atoms with E-state index < -0.39 is 0 Å². The van der Waals surface area contributed by atoms with Crippen molar-refractivity contribution in [2.24, 2.45) is 11.7 Å². The van der Waals surface area contributed by atoms with Crippen molar-refractivity contribution in [1.29, 1.82) is 0 Å². The molecule has 2 atom stereocenters. The smallest absolute Gasteiger partial charge is 0.0473 e. The van der Waals surface area contributed by atoms with Crippen LogP contribution < -0.4 is 5.73 Å².